The monoisotopic (exact) mass is 269 g/mol. The Labute approximate surface area is 113 Å². The van der Waals surface area contributed by atoms with Gasteiger partial charge in [-0.1, -0.05) is 18.5 Å². The van der Waals surface area contributed by atoms with Gasteiger partial charge in [0, 0.05) is 25.3 Å². The Morgan fingerprint density at radius 2 is 2.17 bits per heavy atom. The molecule has 0 radical (unpaired) electrons. The molecular formula is C13H20ClN3O. The molecule has 1 saturated carbocycles. The van der Waals surface area contributed by atoms with Gasteiger partial charge >= 0.3 is 0 Å². The average Bonchev–Trinajstić information content (AvgIpc) is 3.17. The van der Waals surface area contributed by atoms with E-state index in [1.54, 1.807) is 0 Å². The van der Waals surface area contributed by atoms with E-state index < -0.39 is 0 Å². The van der Waals surface area contributed by atoms with E-state index >= 15 is 0 Å². The highest BCUT2D eigenvalue weighted by Gasteiger charge is 2.29. The van der Waals surface area contributed by atoms with Crippen molar-refractivity contribution in [3.8, 4) is 0 Å². The molecule has 1 aliphatic carbocycles. The molecule has 1 aromatic rings. The molecule has 0 atom stereocenters. The van der Waals surface area contributed by atoms with Gasteiger partial charge < -0.3 is 9.64 Å². The molecule has 1 fully saturated rings. The van der Waals surface area contributed by atoms with Crippen molar-refractivity contribution >= 4 is 17.4 Å². The van der Waals surface area contributed by atoms with Crippen molar-refractivity contribution in [2.24, 2.45) is 0 Å². The van der Waals surface area contributed by atoms with Gasteiger partial charge in [0.1, 0.15) is 17.6 Å². The Bertz CT molecular complexity index is 396. The normalized spacial score (nSPS) is 14.8. The van der Waals surface area contributed by atoms with Crippen LogP contribution in [0.3, 0.4) is 0 Å². The number of anilines is 1. The topological polar surface area (TPSA) is 38.2 Å². The van der Waals surface area contributed by atoms with E-state index in [4.69, 9.17) is 16.3 Å². The predicted molar refractivity (Wildman–Crippen MR) is 73.0 cm³/mol. The zero-order valence-electron chi connectivity index (χ0n) is 11.0. The van der Waals surface area contributed by atoms with Gasteiger partial charge in [-0.2, -0.15) is 0 Å². The van der Waals surface area contributed by atoms with Crippen molar-refractivity contribution in [1.82, 2.24) is 9.97 Å². The van der Waals surface area contributed by atoms with Crippen LogP contribution in [0.1, 0.15) is 38.9 Å². The number of hydrogen-bond donors (Lipinski definition) is 0. The second-order valence-corrected chi connectivity index (χ2v) is 4.91. The summed E-state index contributed by atoms with van der Waals surface area (Å²) in [7, 11) is 0. The first-order valence-corrected chi connectivity index (χ1v) is 7.00. The van der Waals surface area contributed by atoms with Crippen LogP contribution in [0.15, 0.2) is 6.07 Å². The Hall–Kier alpha value is -0.870. The maximum Gasteiger partial charge on any atom is 0.158 e. The SMILES string of the molecule is CCCN(c1cc(Cl)nc(COCC)n1)C1CC1. The maximum atomic E-state index is 6.06. The van der Waals surface area contributed by atoms with Crippen LogP contribution >= 0.6 is 11.6 Å². The van der Waals surface area contributed by atoms with E-state index in [-0.39, 0.29) is 0 Å². The van der Waals surface area contributed by atoms with Crippen LogP contribution in [0.2, 0.25) is 5.15 Å². The lowest BCUT2D eigenvalue weighted by Gasteiger charge is -2.23. The molecule has 1 aliphatic rings. The summed E-state index contributed by atoms with van der Waals surface area (Å²) in [6.07, 6.45) is 3.61. The van der Waals surface area contributed by atoms with Crippen LogP contribution in [0, 0.1) is 0 Å². The molecule has 1 heterocycles. The van der Waals surface area contributed by atoms with Gasteiger partial charge in [-0.3, -0.25) is 0 Å². The van der Waals surface area contributed by atoms with Crippen molar-refractivity contribution in [2.45, 2.75) is 45.8 Å². The van der Waals surface area contributed by atoms with E-state index in [1.165, 1.54) is 12.8 Å². The number of ether oxygens (including phenoxy) is 1. The molecule has 0 saturated heterocycles. The van der Waals surface area contributed by atoms with Crippen molar-refractivity contribution < 1.29 is 4.74 Å². The first kappa shape index (κ1) is 13.6. The highest BCUT2D eigenvalue weighted by Crippen LogP contribution is 2.31. The highest BCUT2D eigenvalue weighted by atomic mass is 35.5. The molecule has 100 valence electrons. The Kier molecular flexibility index (Phi) is 4.78. The smallest absolute Gasteiger partial charge is 0.158 e. The van der Waals surface area contributed by atoms with Crippen LogP contribution in [0.4, 0.5) is 5.82 Å². The lowest BCUT2D eigenvalue weighted by atomic mass is 10.3. The summed E-state index contributed by atoms with van der Waals surface area (Å²) in [6.45, 7) is 6.24. The maximum absolute atomic E-state index is 6.06. The van der Waals surface area contributed by atoms with Gasteiger partial charge in [0.25, 0.3) is 0 Å². The van der Waals surface area contributed by atoms with Crippen LogP contribution in [-0.2, 0) is 11.3 Å². The third kappa shape index (κ3) is 3.56. The minimum atomic E-state index is 0.425. The second kappa shape index (κ2) is 6.34. The molecule has 0 aromatic carbocycles. The number of halogens is 1. The van der Waals surface area contributed by atoms with Crippen molar-refractivity contribution in [3.05, 3.63) is 17.0 Å². The average molecular weight is 270 g/mol. The van der Waals surface area contributed by atoms with Gasteiger partial charge in [0.15, 0.2) is 5.82 Å². The summed E-state index contributed by atoms with van der Waals surface area (Å²) in [5, 5.41) is 0.497. The molecule has 0 N–H and O–H groups in total. The largest absolute Gasteiger partial charge is 0.374 e. The summed E-state index contributed by atoms with van der Waals surface area (Å²) in [6, 6.07) is 2.49. The molecule has 5 heteroatoms. The van der Waals surface area contributed by atoms with E-state index in [1.807, 2.05) is 13.0 Å². The van der Waals surface area contributed by atoms with Gasteiger partial charge in [-0.05, 0) is 26.2 Å². The van der Waals surface area contributed by atoms with Crippen LogP contribution in [-0.4, -0.2) is 29.2 Å². The van der Waals surface area contributed by atoms with Gasteiger partial charge in [0.2, 0.25) is 0 Å². The highest BCUT2D eigenvalue weighted by molar-refractivity contribution is 6.29. The number of nitrogens with zero attached hydrogens (tertiary/aromatic N) is 3. The van der Waals surface area contributed by atoms with Gasteiger partial charge in [-0.25, -0.2) is 9.97 Å². The summed E-state index contributed by atoms with van der Waals surface area (Å²) in [4.78, 5) is 11.1. The summed E-state index contributed by atoms with van der Waals surface area (Å²) < 4.78 is 5.34. The molecule has 4 nitrogen and oxygen atoms in total. The quantitative estimate of drug-likeness (QED) is 0.713. The first-order valence-electron chi connectivity index (χ1n) is 6.62. The van der Waals surface area contributed by atoms with Crippen molar-refractivity contribution in [3.63, 3.8) is 0 Å². The van der Waals surface area contributed by atoms with Crippen molar-refractivity contribution in [2.75, 3.05) is 18.1 Å². The number of rotatable bonds is 7. The minimum absolute atomic E-state index is 0.425. The minimum Gasteiger partial charge on any atom is -0.374 e. The lowest BCUT2D eigenvalue weighted by molar-refractivity contribution is 0.128. The van der Waals surface area contributed by atoms with Crippen molar-refractivity contribution in [1.29, 1.82) is 0 Å². The Balaban J connectivity index is 2.16. The molecule has 1 aromatic heterocycles. The van der Waals surface area contributed by atoms with Crippen LogP contribution in [0.25, 0.3) is 0 Å². The number of hydrogen-bond acceptors (Lipinski definition) is 4. The molecule has 0 amide bonds. The van der Waals surface area contributed by atoms with E-state index in [2.05, 4.69) is 21.8 Å². The molecular weight excluding hydrogens is 250 g/mol. The van der Waals surface area contributed by atoms with Crippen LogP contribution < -0.4 is 4.90 Å². The molecule has 0 unspecified atom stereocenters. The third-order valence-corrected chi connectivity index (χ3v) is 3.10. The van der Waals surface area contributed by atoms with Gasteiger partial charge in [0.05, 0.1) is 0 Å². The zero-order valence-corrected chi connectivity index (χ0v) is 11.8. The second-order valence-electron chi connectivity index (χ2n) is 4.53. The molecule has 18 heavy (non-hydrogen) atoms. The first-order chi connectivity index (χ1) is 8.74. The van der Waals surface area contributed by atoms with Crippen LogP contribution in [0.5, 0.6) is 0 Å². The summed E-state index contributed by atoms with van der Waals surface area (Å²) >= 11 is 6.06. The van der Waals surface area contributed by atoms with Gasteiger partial charge in [-0.15, -0.1) is 0 Å². The van der Waals surface area contributed by atoms with E-state index in [9.17, 15) is 0 Å². The fourth-order valence-corrected chi connectivity index (χ4v) is 2.16. The summed E-state index contributed by atoms with van der Waals surface area (Å²) in [5.41, 5.74) is 0. The molecule has 0 spiro atoms. The predicted octanol–water partition coefficient (Wildman–Crippen LogP) is 3.05. The fraction of sp³-hybridized carbons (Fsp3) is 0.692. The molecule has 2 rings (SSSR count). The van der Waals surface area contributed by atoms with E-state index in [0.29, 0.717) is 30.2 Å². The molecule has 0 bridgehead atoms. The number of aromatic nitrogens is 2. The third-order valence-electron chi connectivity index (χ3n) is 2.91. The standard InChI is InChI=1S/C13H20ClN3O/c1-3-7-17(10-5-6-10)13-8-11(14)15-12(16-13)9-18-4-2/h8,10H,3-7,9H2,1-2H3. The van der Waals surface area contributed by atoms with E-state index in [0.717, 1.165) is 18.8 Å². The fourth-order valence-electron chi connectivity index (χ4n) is 1.97. The Morgan fingerprint density at radius 1 is 1.39 bits per heavy atom. The Morgan fingerprint density at radius 3 is 2.78 bits per heavy atom. The zero-order chi connectivity index (χ0) is 13.0. The summed E-state index contributed by atoms with van der Waals surface area (Å²) in [5.74, 6) is 1.61. The lowest BCUT2D eigenvalue weighted by Crippen LogP contribution is -2.27. The molecule has 0 aliphatic heterocycles.